The molecular formula is C17H29N3. The number of hydrogen-bond acceptors (Lipinski definition) is 3. The molecule has 1 saturated heterocycles. The van der Waals surface area contributed by atoms with E-state index in [0.717, 1.165) is 31.4 Å². The van der Waals surface area contributed by atoms with Gasteiger partial charge in [-0.15, -0.1) is 0 Å². The van der Waals surface area contributed by atoms with Crippen LogP contribution in [0.25, 0.3) is 0 Å². The molecule has 1 aliphatic rings. The maximum atomic E-state index is 4.56. The van der Waals surface area contributed by atoms with Gasteiger partial charge in [-0.3, -0.25) is 0 Å². The quantitative estimate of drug-likeness (QED) is 0.912. The molecule has 3 nitrogen and oxygen atoms in total. The van der Waals surface area contributed by atoms with Crippen LogP contribution >= 0.6 is 0 Å². The van der Waals surface area contributed by atoms with E-state index in [1.807, 2.05) is 6.20 Å². The monoisotopic (exact) mass is 275 g/mol. The number of aromatic nitrogens is 1. The molecule has 1 N–H and O–H groups in total. The predicted octanol–water partition coefficient (Wildman–Crippen LogP) is 3.45. The summed E-state index contributed by atoms with van der Waals surface area (Å²) in [6, 6.07) is 4.86. The van der Waals surface area contributed by atoms with Gasteiger partial charge in [0.15, 0.2) is 0 Å². The normalized spacial score (nSPS) is 19.9. The summed E-state index contributed by atoms with van der Waals surface area (Å²) >= 11 is 0. The molecule has 0 saturated carbocycles. The van der Waals surface area contributed by atoms with Crippen LogP contribution in [0.3, 0.4) is 0 Å². The Morgan fingerprint density at radius 3 is 2.75 bits per heavy atom. The summed E-state index contributed by atoms with van der Waals surface area (Å²) in [7, 11) is 0. The topological polar surface area (TPSA) is 28.2 Å². The third-order valence-electron chi connectivity index (χ3n) is 4.26. The Labute approximate surface area is 123 Å². The van der Waals surface area contributed by atoms with Crippen molar-refractivity contribution in [3.63, 3.8) is 0 Å². The Morgan fingerprint density at radius 1 is 1.40 bits per heavy atom. The van der Waals surface area contributed by atoms with Crippen molar-refractivity contribution in [1.29, 1.82) is 0 Å². The van der Waals surface area contributed by atoms with Crippen molar-refractivity contribution in [3.05, 3.63) is 23.9 Å². The summed E-state index contributed by atoms with van der Waals surface area (Å²) in [5.74, 6) is 1.90. The van der Waals surface area contributed by atoms with E-state index in [9.17, 15) is 0 Å². The van der Waals surface area contributed by atoms with Crippen LogP contribution in [0.5, 0.6) is 0 Å². The molecule has 0 bridgehead atoms. The fourth-order valence-electron chi connectivity index (χ4n) is 2.74. The first-order valence-electron chi connectivity index (χ1n) is 7.79. The Hall–Kier alpha value is -1.09. The lowest BCUT2D eigenvalue weighted by Gasteiger charge is -2.27. The molecule has 1 unspecified atom stereocenters. The average molecular weight is 275 g/mol. The van der Waals surface area contributed by atoms with Crippen molar-refractivity contribution in [3.8, 4) is 0 Å². The summed E-state index contributed by atoms with van der Waals surface area (Å²) in [5.41, 5.74) is 1.72. The highest BCUT2D eigenvalue weighted by Gasteiger charge is 2.32. The van der Waals surface area contributed by atoms with Crippen LogP contribution in [0, 0.1) is 11.3 Å². The number of rotatable bonds is 4. The van der Waals surface area contributed by atoms with E-state index in [2.05, 4.69) is 62.0 Å². The van der Waals surface area contributed by atoms with E-state index < -0.39 is 0 Å². The number of pyridine rings is 1. The SMILES string of the molecule is CC(C)NCc1ccnc(N2CCC(C(C)(C)C)C2)c1. The zero-order valence-corrected chi connectivity index (χ0v) is 13.6. The molecule has 0 radical (unpaired) electrons. The Bertz CT molecular complexity index is 434. The van der Waals surface area contributed by atoms with Gasteiger partial charge in [0.05, 0.1) is 0 Å². The van der Waals surface area contributed by atoms with Crippen LogP contribution in [0.15, 0.2) is 18.3 Å². The molecule has 1 aliphatic heterocycles. The van der Waals surface area contributed by atoms with Crippen LogP contribution in [0.2, 0.25) is 0 Å². The zero-order chi connectivity index (χ0) is 14.8. The first-order chi connectivity index (χ1) is 9.36. The molecule has 2 rings (SSSR count). The van der Waals surface area contributed by atoms with Gasteiger partial charge in [0.25, 0.3) is 0 Å². The van der Waals surface area contributed by atoms with E-state index >= 15 is 0 Å². The van der Waals surface area contributed by atoms with Crippen molar-refractivity contribution in [2.24, 2.45) is 11.3 Å². The van der Waals surface area contributed by atoms with Crippen LogP contribution in [-0.2, 0) is 6.54 Å². The molecular weight excluding hydrogens is 246 g/mol. The number of hydrogen-bond donors (Lipinski definition) is 1. The van der Waals surface area contributed by atoms with E-state index in [0.29, 0.717) is 11.5 Å². The molecule has 112 valence electrons. The van der Waals surface area contributed by atoms with Crippen LogP contribution in [0.4, 0.5) is 5.82 Å². The number of nitrogens with zero attached hydrogens (tertiary/aromatic N) is 2. The van der Waals surface area contributed by atoms with Crippen molar-refractivity contribution < 1.29 is 0 Å². The van der Waals surface area contributed by atoms with Crippen molar-refractivity contribution in [2.75, 3.05) is 18.0 Å². The van der Waals surface area contributed by atoms with Crippen molar-refractivity contribution in [1.82, 2.24) is 10.3 Å². The highest BCUT2D eigenvalue weighted by Crippen LogP contribution is 2.35. The van der Waals surface area contributed by atoms with Gasteiger partial charge in [0.2, 0.25) is 0 Å². The molecule has 1 aromatic heterocycles. The van der Waals surface area contributed by atoms with Gasteiger partial charge in [-0.1, -0.05) is 34.6 Å². The molecule has 0 amide bonds. The highest BCUT2D eigenvalue weighted by atomic mass is 15.2. The number of nitrogens with one attached hydrogen (secondary N) is 1. The van der Waals surface area contributed by atoms with Gasteiger partial charge in [-0.05, 0) is 35.4 Å². The van der Waals surface area contributed by atoms with E-state index in [4.69, 9.17) is 0 Å². The van der Waals surface area contributed by atoms with E-state index in [1.54, 1.807) is 0 Å². The molecule has 20 heavy (non-hydrogen) atoms. The predicted molar refractivity (Wildman–Crippen MR) is 86.0 cm³/mol. The molecule has 3 heteroatoms. The highest BCUT2D eigenvalue weighted by molar-refractivity contribution is 5.42. The summed E-state index contributed by atoms with van der Waals surface area (Å²) in [4.78, 5) is 7.00. The molecule has 2 heterocycles. The lowest BCUT2D eigenvalue weighted by atomic mass is 9.80. The first kappa shape index (κ1) is 15.3. The average Bonchev–Trinajstić information content (AvgIpc) is 2.86. The molecule has 1 fully saturated rings. The first-order valence-corrected chi connectivity index (χ1v) is 7.79. The molecule has 1 aromatic rings. The molecule has 0 aliphatic carbocycles. The minimum absolute atomic E-state index is 0.394. The second-order valence-electron chi connectivity index (χ2n) is 7.36. The van der Waals surface area contributed by atoms with E-state index in [1.165, 1.54) is 12.0 Å². The maximum absolute atomic E-state index is 4.56. The van der Waals surface area contributed by atoms with Crippen molar-refractivity contribution >= 4 is 5.82 Å². The van der Waals surface area contributed by atoms with Crippen LogP contribution < -0.4 is 10.2 Å². The molecule has 0 spiro atoms. The molecule has 0 aromatic carbocycles. The fraction of sp³-hybridized carbons (Fsp3) is 0.706. The van der Waals surface area contributed by atoms with E-state index in [-0.39, 0.29) is 0 Å². The second kappa shape index (κ2) is 6.13. The Morgan fingerprint density at radius 2 is 2.15 bits per heavy atom. The largest absolute Gasteiger partial charge is 0.356 e. The smallest absolute Gasteiger partial charge is 0.128 e. The Kier molecular flexibility index (Phi) is 4.69. The van der Waals surface area contributed by atoms with Gasteiger partial charge in [-0.25, -0.2) is 4.98 Å². The summed E-state index contributed by atoms with van der Waals surface area (Å²) in [6.07, 6.45) is 3.22. The van der Waals surface area contributed by atoms with Gasteiger partial charge in [0, 0.05) is 31.9 Å². The third-order valence-corrected chi connectivity index (χ3v) is 4.26. The lowest BCUT2D eigenvalue weighted by Crippen LogP contribution is -2.26. The second-order valence-corrected chi connectivity index (χ2v) is 7.36. The van der Waals surface area contributed by atoms with Crippen molar-refractivity contribution in [2.45, 2.75) is 53.6 Å². The lowest BCUT2D eigenvalue weighted by molar-refractivity contribution is 0.263. The third kappa shape index (κ3) is 3.95. The minimum Gasteiger partial charge on any atom is -0.356 e. The molecule has 1 atom stereocenters. The summed E-state index contributed by atoms with van der Waals surface area (Å²) < 4.78 is 0. The maximum Gasteiger partial charge on any atom is 0.128 e. The minimum atomic E-state index is 0.394. The fourth-order valence-corrected chi connectivity index (χ4v) is 2.74. The van der Waals surface area contributed by atoms with Gasteiger partial charge in [-0.2, -0.15) is 0 Å². The van der Waals surface area contributed by atoms with Gasteiger partial charge >= 0.3 is 0 Å². The van der Waals surface area contributed by atoms with Gasteiger partial charge in [0.1, 0.15) is 5.82 Å². The van der Waals surface area contributed by atoms with Crippen LogP contribution in [0.1, 0.15) is 46.6 Å². The Balaban J connectivity index is 2.01. The van der Waals surface area contributed by atoms with Gasteiger partial charge < -0.3 is 10.2 Å². The summed E-state index contributed by atoms with van der Waals surface area (Å²) in [5, 5.41) is 3.47. The zero-order valence-electron chi connectivity index (χ0n) is 13.6. The number of anilines is 1. The standard InChI is InChI=1S/C17H29N3/c1-13(2)19-11-14-6-8-18-16(10-14)20-9-7-15(12-20)17(3,4)5/h6,8,10,13,15,19H,7,9,11-12H2,1-5H3. The van der Waals surface area contributed by atoms with Crippen LogP contribution in [-0.4, -0.2) is 24.1 Å². The summed E-state index contributed by atoms with van der Waals surface area (Å²) in [6.45, 7) is 14.6.